The van der Waals surface area contributed by atoms with Crippen molar-refractivity contribution in [3.63, 3.8) is 0 Å². The molecule has 0 bridgehead atoms. The number of carbonyl (C=O) groups is 1. The molecule has 1 N–H and O–H groups in total. The first kappa shape index (κ1) is 17.2. The van der Waals surface area contributed by atoms with Crippen molar-refractivity contribution >= 4 is 27.3 Å². The van der Waals surface area contributed by atoms with E-state index in [-0.39, 0.29) is 11.7 Å². The van der Waals surface area contributed by atoms with Gasteiger partial charge in [-0.25, -0.2) is 4.39 Å². The third kappa shape index (κ3) is 3.44. The second kappa shape index (κ2) is 7.11. The van der Waals surface area contributed by atoms with Gasteiger partial charge in [0.05, 0.1) is 19.1 Å². The smallest absolute Gasteiger partial charge is 0.261 e. The summed E-state index contributed by atoms with van der Waals surface area (Å²) in [5, 5.41) is 3.39. The Hall–Kier alpha value is -2.60. The zero-order valence-corrected chi connectivity index (χ0v) is 15.0. The SMILES string of the molecule is COc1cc(CNC(=O)c2sc3cccc(F)c3c2C)cc(OC)c1. The molecule has 0 radical (unpaired) electrons. The minimum Gasteiger partial charge on any atom is -0.497 e. The van der Waals surface area contributed by atoms with Crippen molar-refractivity contribution in [2.24, 2.45) is 0 Å². The van der Waals surface area contributed by atoms with Crippen molar-refractivity contribution in [1.82, 2.24) is 5.32 Å². The molecule has 25 heavy (non-hydrogen) atoms. The standard InChI is InChI=1S/C19H18FNO3S/c1-11-17-15(20)5-4-6-16(17)25-18(11)19(22)21-10-12-7-13(23-2)9-14(8-12)24-3/h4-9H,10H2,1-3H3,(H,21,22). The van der Waals surface area contributed by atoms with E-state index in [9.17, 15) is 9.18 Å². The number of nitrogens with one attached hydrogen (secondary N) is 1. The van der Waals surface area contributed by atoms with Crippen LogP contribution in [-0.4, -0.2) is 20.1 Å². The van der Waals surface area contributed by atoms with E-state index >= 15 is 0 Å². The van der Waals surface area contributed by atoms with Crippen molar-refractivity contribution in [1.29, 1.82) is 0 Å². The fraction of sp³-hybridized carbons (Fsp3) is 0.211. The topological polar surface area (TPSA) is 47.6 Å². The fourth-order valence-corrected chi connectivity index (χ4v) is 3.84. The van der Waals surface area contributed by atoms with Crippen LogP contribution in [0, 0.1) is 12.7 Å². The Morgan fingerprint density at radius 3 is 2.44 bits per heavy atom. The Morgan fingerprint density at radius 1 is 1.16 bits per heavy atom. The first-order valence-electron chi connectivity index (χ1n) is 7.71. The lowest BCUT2D eigenvalue weighted by molar-refractivity contribution is 0.0954. The van der Waals surface area contributed by atoms with Gasteiger partial charge in [0.1, 0.15) is 17.3 Å². The van der Waals surface area contributed by atoms with Gasteiger partial charge in [-0.3, -0.25) is 4.79 Å². The number of hydrogen-bond acceptors (Lipinski definition) is 4. The van der Waals surface area contributed by atoms with Gasteiger partial charge in [0, 0.05) is 22.7 Å². The molecule has 4 nitrogen and oxygen atoms in total. The van der Waals surface area contributed by atoms with E-state index in [0.717, 1.165) is 10.3 Å². The molecule has 0 spiro atoms. The Balaban J connectivity index is 1.82. The molecule has 0 saturated carbocycles. The molecule has 0 aliphatic carbocycles. The number of thiophene rings is 1. The summed E-state index contributed by atoms with van der Waals surface area (Å²) in [6, 6.07) is 10.3. The lowest BCUT2D eigenvalue weighted by Gasteiger charge is -2.09. The maximum atomic E-state index is 14.0. The molecule has 130 valence electrons. The number of fused-ring (bicyclic) bond motifs is 1. The van der Waals surface area contributed by atoms with Gasteiger partial charge in [0.25, 0.3) is 5.91 Å². The van der Waals surface area contributed by atoms with Crippen LogP contribution in [-0.2, 0) is 6.54 Å². The van der Waals surface area contributed by atoms with Crippen LogP contribution in [0.25, 0.3) is 10.1 Å². The van der Waals surface area contributed by atoms with E-state index in [4.69, 9.17) is 9.47 Å². The molecule has 0 atom stereocenters. The van der Waals surface area contributed by atoms with Crippen molar-refractivity contribution in [2.45, 2.75) is 13.5 Å². The third-order valence-corrected chi connectivity index (χ3v) is 5.23. The number of methoxy groups -OCH3 is 2. The minimum absolute atomic E-state index is 0.222. The highest BCUT2D eigenvalue weighted by Crippen LogP contribution is 2.32. The first-order chi connectivity index (χ1) is 12.0. The number of ether oxygens (including phenoxy) is 2. The van der Waals surface area contributed by atoms with E-state index in [2.05, 4.69) is 5.32 Å². The van der Waals surface area contributed by atoms with Crippen LogP contribution in [0.5, 0.6) is 11.5 Å². The van der Waals surface area contributed by atoms with Gasteiger partial charge in [-0.1, -0.05) is 6.07 Å². The normalized spacial score (nSPS) is 10.7. The summed E-state index contributed by atoms with van der Waals surface area (Å²) in [7, 11) is 3.15. The number of benzene rings is 2. The summed E-state index contributed by atoms with van der Waals surface area (Å²) < 4.78 is 25.2. The molecule has 1 heterocycles. The molecule has 1 aromatic heterocycles. The number of rotatable bonds is 5. The Kier molecular flexibility index (Phi) is 4.90. The van der Waals surface area contributed by atoms with Crippen LogP contribution >= 0.6 is 11.3 Å². The first-order valence-corrected chi connectivity index (χ1v) is 8.53. The van der Waals surface area contributed by atoms with Crippen LogP contribution in [0.3, 0.4) is 0 Å². The largest absolute Gasteiger partial charge is 0.497 e. The highest BCUT2D eigenvalue weighted by molar-refractivity contribution is 7.21. The van der Waals surface area contributed by atoms with E-state index in [1.54, 1.807) is 33.3 Å². The molecule has 3 aromatic rings. The van der Waals surface area contributed by atoms with Gasteiger partial charge in [-0.15, -0.1) is 11.3 Å². The Labute approximate surface area is 149 Å². The predicted molar refractivity (Wildman–Crippen MR) is 97.2 cm³/mol. The highest BCUT2D eigenvalue weighted by Gasteiger charge is 2.17. The maximum absolute atomic E-state index is 14.0. The lowest BCUT2D eigenvalue weighted by Crippen LogP contribution is -2.22. The molecule has 0 aliphatic rings. The summed E-state index contributed by atoms with van der Waals surface area (Å²) in [6.45, 7) is 2.09. The van der Waals surface area contributed by atoms with E-state index in [1.165, 1.54) is 17.4 Å². The molecule has 0 unspecified atom stereocenters. The quantitative estimate of drug-likeness (QED) is 0.739. The van der Waals surface area contributed by atoms with E-state index in [0.29, 0.717) is 33.9 Å². The van der Waals surface area contributed by atoms with Crippen LogP contribution in [0.2, 0.25) is 0 Å². The number of amides is 1. The van der Waals surface area contributed by atoms with Crippen molar-refractivity contribution in [2.75, 3.05) is 14.2 Å². The maximum Gasteiger partial charge on any atom is 0.261 e. The second-order valence-corrected chi connectivity index (χ2v) is 6.62. The zero-order valence-electron chi connectivity index (χ0n) is 14.2. The number of halogens is 1. The molecule has 6 heteroatoms. The zero-order chi connectivity index (χ0) is 18.0. The summed E-state index contributed by atoms with van der Waals surface area (Å²) in [4.78, 5) is 13.1. The van der Waals surface area contributed by atoms with Crippen molar-refractivity contribution < 1.29 is 18.7 Å². The summed E-state index contributed by atoms with van der Waals surface area (Å²) in [5.74, 6) is 0.787. The van der Waals surface area contributed by atoms with E-state index in [1.807, 2.05) is 18.2 Å². The van der Waals surface area contributed by atoms with Gasteiger partial charge >= 0.3 is 0 Å². The van der Waals surface area contributed by atoms with Crippen LogP contribution < -0.4 is 14.8 Å². The van der Waals surface area contributed by atoms with Gasteiger partial charge in [0.15, 0.2) is 0 Å². The molecular weight excluding hydrogens is 341 g/mol. The molecule has 0 saturated heterocycles. The van der Waals surface area contributed by atoms with Gasteiger partial charge in [0.2, 0.25) is 0 Å². The predicted octanol–water partition coefficient (Wildman–Crippen LogP) is 4.30. The van der Waals surface area contributed by atoms with Gasteiger partial charge in [-0.05, 0) is 42.3 Å². The van der Waals surface area contributed by atoms with Crippen molar-refractivity contribution in [3.05, 3.63) is 58.2 Å². The molecule has 2 aromatic carbocycles. The average molecular weight is 359 g/mol. The molecule has 0 fully saturated rings. The molecule has 3 rings (SSSR count). The summed E-state index contributed by atoms with van der Waals surface area (Å²) in [6.07, 6.45) is 0. The average Bonchev–Trinajstić information content (AvgIpc) is 2.97. The molecule has 1 amide bonds. The van der Waals surface area contributed by atoms with Crippen molar-refractivity contribution in [3.8, 4) is 11.5 Å². The Bertz CT molecular complexity index is 914. The van der Waals surface area contributed by atoms with Crippen LogP contribution in [0.4, 0.5) is 4.39 Å². The number of hydrogen-bond donors (Lipinski definition) is 1. The number of carbonyl (C=O) groups excluding carboxylic acids is 1. The third-order valence-electron chi connectivity index (χ3n) is 3.97. The number of aryl methyl sites for hydroxylation is 1. The minimum atomic E-state index is -0.303. The summed E-state index contributed by atoms with van der Waals surface area (Å²) >= 11 is 1.30. The van der Waals surface area contributed by atoms with Crippen LogP contribution in [0.1, 0.15) is 20.8 Å². The highest BCUT2D eigenvalue weighted by atomic mass is 32.1. The Morgan fingerprint density at radius 2 is 1.84 bits per heavy atom. The molecular formula is C19H18FNO3S. The van der Waals surface area contributed by atoms with Gasteiger partial charge < -0.3 is 14.8 Å². The molecule has 0 aliphatic heterocycles. The lowest BCUT2D eigenvalue weighted by atomic mass is 10.1. The monoisotopic (exact) mass is 359 g/mol. The fourth-order valence-electron chi connectivity index (χ4n) is 2.70. The van der Waals surface area contributed by atoms with Crippen LogP contribution in [0.15, 0.2) is 36.4 Å². The van der Waals surface area contributed by atoms with E-state index < -0.39 is 0 Å². The second-order valence-electron chi connectivity index (χ2n) is 5.57. The van der Waals surface area contributed by atoms with Gasteiger partial charge in [-0.2, -0.15) is 0 Å². The summed E-state index contributed by atoms with van der Waals surface area (Å²) in [5.41, 5.74) is 1.52.